The van der Waals surface area contributed by atoms with E-state index in [0.29, 0.717) is 28.6 Å². The van der Waals surface area contributed by atoms with Crippen molar-refractivity contribution in [2.75, 3.05) is 12.4 Å². The van der Waals surface area contributed by atoms with Crippen LogP contribution >= 0.6 is 0 Å². The molecule has 0 aliphatic heterocycles. The van der Waals surface area contributed by atoms with Gasteiger partial charge < -0.3 is 10.1 Å². The number of amides is 1. The number of fused-ring (bicyclic) bond motifs is 1. The normalized spacial score (nSPS) is 10.7. The van der Waals surface area contributed by atoms with Crippen LogP contribution in [-0.4, -0.2) is 28.1 Å². The maximum Gasteiger partial charge on any atom is 0.337 e. The molecule has 0 spiro atoms. The molecule has 0 atom stereocenters. The van der Waals surface area contributed by atoms with Gasteiger partial charge in [0.2, 0.25) is 5.91 Å². The summed E-state index contributed by atoms with van der Waals surface area (Å²) in [7, 11) is 1.29. The fourth-order valence-electron chi connectivity index (χ4n) is 3.10. The second kappa shape index (κ2) is 8.55. The second-order valence-electron chi connectivity index (χ2n) is 6.46. The molecular weight excluding hydrogens is 374 g/mol. The summed E-state index contributed by atoms with van der Waals surface area (Å²) in [6.45, 7) is 1.90. The van der Waals surface area contributed by atoms with E-state index in [2.05, 4.69) is 10.1 Å². The summed E-state index contributed by atoms with van der Waals surface area (Å²) in [6.07, 6.45) is 0.617. The summed E-state index contributed by atoms with van der Waals surface area (Å²) in [5.74, 6) is -0.899. The van der Waals surface area contributed by atoms with Gasteiger partial charge in [-0.25, -0.2) is 9.59 Å². The molecule has 8 nitrogen and oxygen atoms in total. The Morgan fingerprint density at radius 3 is 2.34 bits per heavy atom. The van der Waals surface area contributed by atoms with E-state index < -0.39 is 17.6 Å². The van der Waals surface area contributed by atoms with E-state index in [9.17, 15) is 19.2 Å². The first-order valence-corrected chi connectivity index (χ1v) is 9.17. The zero-order valence-corrected chi connectivity index (χ0v) is 16.2. The highest BCUT2D eigenvalue weighted by Crippen LogP contribution is 2.12. The number of para-hydroxylation sites is 1. The molecule has 0 saturated carbocycles. The van der Waals surface area contributed by atoms with Gasteiger partial charge in [0.05, 0.1) is 23.6 Å². The van der Waals surface area contributed by atoms with Gasteiger partial charge in [-0.05, 0) is 42.8 Å². The molecular formula is C21H21N3O5. The number of benzene rings is 2. The zero-order valence-electron chi connectivity index (χ0n) is 16.2. The topological polar surface area (TPSA) is 99.4 Å². The highest BCUT2D eigenvalue weighted by atomic mass is 16.5. The predicted octanol–water partition coefficient (Wildman–Crippen LogP) is 2.00. The third-order valence-electron chi connectivity index (χ3n) is 4.47. The third kappa shape index (κ3) is 4.11. The van der Waals surface area contributed by atoms with Gasteiger partial charge >= 0.3 is 11.7 Å². The van der Waals surface area contributed by atoms with Gasteiger partial charge in [0, 0.05) is 12.2 Å². The van der Waals surface area contributed by atoms with E-state index in [1.807, 2.05) is 6.92 Å². The van der Waals surface area contributed by atoms with E-state index >= 15 is 0 Å². The predicted molar refractivity (Wildman–Crippen MR) is 109 cm³/mol. The standard InChI is InChI=1S/C21H21N3O5/c1-3-12-23-19(26)16-6-4-5-7-17(16)24(21(23)28)13-18(25)22-15-10-8-14(9-11-15)20(27)29-2/h4-11H,3,12-13H2,1-2H3,(H,22,25). The Bertz CT molecular complexity index is 1180. The highest BCUT2D eigenvalue weighted by Gasteiger charge is 2.15. The van der Waals surface area contributed by atoms with Gasteiger partial charge in [-0.15, -0.1) is 0 Å². The van der Waals surface area contributed by atoms with Gasteiger partial charge in [-0.3, -0.25) is 18.7 Å². The van der Waals surface area contributed by atoms with E-state index in [0.717, 1.165) is 4.57 Å². The number of hydrogen-bond acceptors (Lipinski definition) is 5. The fraction of sp³-hybridized carbons (Fsp3) is 0.238. The Kier molecular flexibility index (Phi) is 5.92. The minimum atomic E-state index is -0.522. The largest absolute Gasteiger partial charge is 0.465 e. The van der Waals surface area contributed by atoms with Gasteiger partial charge in [-0.2, -0.15) is 0 Å². The fourth-order valence-corrected chi connectivity index (χ4v) is 3.10. The maximum absolute atomic E-state index is 12.8. The molecule has 1 N–H and O–H groups in total. The van der Waals surface area contributed by atoms with Crippen LogP contribution in [0.25, 0.3) is 10.9 Å². The lowest BCUT2D eigenvalue weighted by atomic mass is 10.2. The zero-order chi connectivity index (χ0) is 21.0. The van der Waals surface area contributed by atoms with Crippen LogP contribution in [0, 0.1) is 0 Å². The van der Waals surface area contributed by atoms with Crippen molar-refractivity contribution < 1.29 is 14.3 Å². The number of hydrogen-bond donors (Lipinski definition) is 1. The van der Waals surface area contributed by atoms with Gasteiger partial charge in [0.1, 0.15) is 6.54 Å². The van der Waals surface area contributed by atoms with E-state index in [4.69, 9.17) is 0 Å². The summed E-state index contributed by atoms with van der Waals surface area (Å²) in [6, 6.07) is 12.9. The molecule has 150 valence electrons. The third-order valence-corrected chi connectivity index (χ3v) is 4.47. The van der Waals surface area contributed by atoms with Crippen LogP contribution in [0.5, 0.6) is 0 Å². The number of nitrogens with one attached hydrogen (secondary N) is 1. The van der Waals surface area contributed by atoms with Crippen molar-refractivity contribution in [2.24, 2.45) is 0 Å². The minimum absolute atomic E-state index is 0.248. The molecule has 1 amide bonds. The summed E-state index contributed by atoms with van der Waals surface area (Å²) in [5, 5.41) is 3.08. The first-order valence-electron chi connectivity index (χ1n) is 9.17. The van der Waals surface area contributed by atoms with E-state index in [1.54, 1.807) is 36.4 Å². The van der Waals surface area contributed by atoms with Crippen molar-refractivity contribution >= 4 is 28.5 Å². The number of nitrogens with zero attached hydrogens (tertiary/aromatic N) is 2. The van der Waals surface area contributed by atoms with Crippen LogP contribution in [-0.2, 0) is 22.6 Å². The van der Waals surface area contributed by atoms with Crippen molar-refractivity contribution in [2.45, 2.75) is 26.4 Å². The Morgan fingerprint density at radius 2 is 1.69 bits per heavy atom. The molecule has 1 aromatic heterocycles. The highest BCUT2D eigenvalue weighted by molar-refractivity contribution is 5.93. The van der Waals surface area contributed by atoms with Crippen LogP contribution in [0.15, 0.2) is 58.1 Å². The summed E-state index contributed by atoms with van der Waals surface area (Å²) in [5.41, 5.74) is 0.363. The number of methoxy groups -OCH3 is 1. The Labute approximate surface area is 166 Å². The van der Waals surface area contributed by atoms with Crippen molar-refractivity contribution in [3.8, 4) is 0 Å². The quantitative estimate of drug-likeness (QED) is 0.644. The number of ether oxygens (including phenoxy) is 1. The molecule has 3 aromatic rings. The average molecular weight is 395 g/mol. The van der Waals surface area contributed by atoms with Crippen LogP contribution in [0.1, 0.15) is 23.7 Å². The number of carbonyl (C=O) groups is 2. The molecule has 0 unspecified atom stereocenters. The van der Waals surface area contributed by atoms with E-state index in [-0.39, 0.29) is 18.6 Å². The first-order chi connectivity index (χ1) is 14.0. The smallest absolute Gasteiger partial charge is 0.337 e. The number of aromatic nitrogens is 2. The summed E-state index contributed by atoms with van der Waals surface area (Å²) < 4.78 is 7.09. The van der Waals surface area contributed by atoms with Crippen LogP contribution in [0.3, 0.4) is 0 Å². The lowest BCUT2D eigenvalue weighted by Crippen LogP contribution is -2.41. The SMILES string of the molecule is CCCn1c(=O)c2ccccc2n(CC(=O)Nc2ccc(C(=O)OC)cc2)c1=O. The summed E-state index contributed by atoms with van der Waals surface area (Å²) in [4.78, 5) is 49.5. The van der Waals surface area contributed by atoms with Gasteiger partial charge in [0.25, 0.3) is 5.56 Å². The van der Waals surface area contributed by atoms with Crippen molar-refractivity contribution in [1.82, 2.24) is 9.13 Å². The first kappa shape index (κ1) is 20.1. The van der Waals surface area contributed by atoms with Crippen LogP contribution < -0.4 is 16.6 Å². The lowest BCUT2D eigenvalue weighted by molar-refractivity contribution is -0.116. The molecule has 8 heteroatoms. The lowest BCUT2D eigenvalue weighted by Gasteiger charge is -2.14. The molecule has 1 heterocycles. The van der Waals surface area contributed by atoms with Gasteiger partial charge in [0.15, 0.2) is 0 Å². The maximum atomic E-state index is 12.8. The molecule has 0 saturated heterocycles. The number of rotatable bonds is 6. The number of carbonyl (C=O) groups excluding carboxylic acids is 2. The molecule has 0 fully saturated rings. The Morgan fingerprint density at radius 1 is 1.00 bits per heavy atom. The van der Waals surface area contributed by atoms with Gasteiger partial charge in [-0.1, -0.05) is 19.1 Å². The monoisotopic (exact) mass is 395 g/mol. The number of anilines is 1. The average Bonchev–Trinajstić information content (AvgIpc) is 2.74. The Hall–Kier alpha value is -3.68. The molecule has 0 bridgehead atoms. The molecule has 2 aromatic carbocycles. The van der Waals surface area contributed by atoms with Crippen molar-refractivity contribution in [3.63, 3.8) is 0 Å². The van der Waals surface area contributed by atoms with Crippen molar-refractivity contribution in [1.29, 1.82) is 0 Å². The minimum Gasteiger partial charge on any atom is -0.465 e. The molecule has 0 aliphatic rings. The second-order valence-corrected chi connectivity index (χ2v) is 6.46. The number of esters is 1. The molecule has 3 rings (SSSR count). The van der Waals surface area contributed by atoms with Crippen LogP contribution in [0.4, 0.5) is 5.69 Å². The van der Waals surface area contributed by atoms with Crippen molar-refractivity contribution in [3.05, 3.63) is 74.9 Å². The van der Waals surface area contributed by atoms with E-state index in [1.165, 1.54) is 23.8 Å². The molecule has 29 heavy (non-hydrogen) atoms. The Balaban J connectivity index is 1.91. The molecule has 0 aliphatic carbocycles. The summed E-state index contributed by atoms with van der Waals surface area (Å²) >= 11 is 0. The van der Waals surface area contributed by atoms with Crippen LogP contribution in [0.2, 0.25) is 0 Å². The molecule has 0 radical (unpaired) electrons.